The number of aliphatic hydroxyl groups excluding tert-OH is 1. The Balaban J connectivity index is 2.25. The van der Waals surface area contributed by atoms with Crippen LogP contribution in [0.4, 0.5) is 10.1 Å². The summed E-state index contributed by atoms with van der Waals surface area (Å²) >= 11 is 11.8. The normalized spacial score (nSPS) is 12.4. The van der Waals surface area contributed by atoms with E-state index in [0.29, 0.717) is 21.3 Å². The highest BCUT2D eigenvalue weighted by Gasteiger charge is 2.14. The Morgan fingerprint density at radius 1 is 1.16 bits per heavy atom. The average molecular weight is 300 g/mol. The summed E-state index contributed by atoms with van der Waals surface area (Å²) in [7, 11) is 0. The number of hydrogen-bond donors (Lipinski definition) is 2. The molecule has 0 heterocycles. The van der Waals surface area contributed by atoms with Gasteiger partial charge in [-0.25, -0.2) is 4.39 Å². The maximum Gasteiger partial charge on any atom is 0.123 e. The van der Waals surface area contributed by atoms with Crippen LogP contribution in [0.1, 0.15) is 17.2 Å². The van der Waals surface area contributed by atoms with Gasteiger partial charge < -0.3 is 10.8 Å². The highest BCUT2D eigenvalue weighted by molar-refractivity contribution is 6.35. The molecule has 0 spiro atoms. The van der Waals surface area contributed by atoms with Crippen molar-refractivity contribution in [3.63, 3.8) is 0 Å². The van der Waals surface area contributed by atoms with E-state index >= 15 is 0 Å². The van der Waals surface area contributed by atoms with Gasteiger partial charge in [0.15, 0.2) is 0 Å². The van der Waals surface area contributed by atoms with Crippen LogP contribution in [-0.2, 0) is 6.42 Å². The predicted octanol–water partition coefficient (Wildman–Crippen LogP) is 3.99. The molecule has 1 atom stereocenters. The quantitative estimate of drug-likeness (QED) is 0.842. The molecule has 1 unspecified atom stereocenters. The molecule has 0 amide bonds. The van der Waals surface area contributed by atoms with Gasteiger partial charge in [-0.2, -0.15) is 0 Å². The van der Waals surface area contributed by atoms with Crippen molar-refractivity contribution in [1.82, 2.24) is 0 Å². The monoisotopic (exact) mass is 299 g/mol. The molecule has 0 aliphatic heterocycles. The van der Waals surface area contributed by atoms with Crippen molar-refractivity contribution in [2.75, 3.05) is 5.73 Å². The van der Waals surface area contributed by atoms with Gasteiger partial charge in [-0.1, -0.05) is 29.3 Å². The Hall–Kier alpha value is -1.29. The molecule has 2 aromatic rings. The Bertz CT molecular complexity index is 604. The minimum absolute atomic E-state index is 0.240. The van der Waals surface area contributed by atoms with Crippen LogP contribution < -0.4 is 5.73 Å². The molecule has 100 valence electrons. The van der Waals surface area contributed by atoms with Crippen LogP contribution in [0.5, 0.6) is 0 Å². The maximum atomic E-state index is 13.2. The van der Waals surface area contributed by atoms with Gasteiger partial charge in [-0.3, -0.25) is 0 Å². The number of nitrogens with two attached hydrogens (primary N) is 1. The fourth-order valence-corrected chi connectivity index (χ4v) is 2.33. The zero-order valence-electron chi connectivity index (χ0n) is 9.91. The summed E-state index contributed by atoms with van der Waals surface area (Å²) in [5.41, 5.74) is 7.15. The SMILES string of the molecule is Nc1ccc(F)cc1C(O)Cc1ccc(Cl)cc1Cl. The van der Waals surface area contributed by atoms with Crippen LogP contribution in [0.3, 0.4) is 0 Å². The molecule has 0 saturated heterocycles. The van der Waals surface area contributed by atoms with Gasteiger partial charge >= 0.3 is 0 Å². The summed E-state index contributed by atoms with van der Waals surface area (Å²) in [6, 6.07) is 8.91. The van der Waals surface area contributed by atoms with Crippen molar-refractivity contribution < 1.29 is 9.50 Å². The van der Waals surface area contributed by atoms with Crippen molar-refractivity contribution in [2.45, 2.75) is 12.5 Å². The Labute approximate surface area is 120 Å². The summed E-state index contributed by atoms with van der Waals surface area (Å²) in [6.07, 6.45) is -0.682. The summed E-state index contributed by atoms with van der Waals surface area (Å²) in [5.74, 6) is -0.439. The first kappa shape index (κ1) is 14.1. The van der Waals surface area contributed by atoms with Gasteiger partial charge in [0.25, 0.3) is 0 Å². The zero-order valence-corrected chi connectivity index (χ0v) is 11.4. The van der Waals surface area contributed by atoms with E-state index in [2.05, 4.69) is 0 Å². The van der Waals surface area contributed by atoms with Crippen LogP contribution in [0.2, 0.25) is 10.0 Å². The summed E-state index contributed by atoms with van der Waals surface area (Å²) in [4.78, 5) is 0. The highest BCUT2D eigenvalue weighted by atomic mass is 35.5. The number of rotatable bonds is 3. The maximum absolute atomic E-state index is 13.2. The van der Waals surface area contributed by atoms with Gasteiger partial charge in [-0.15, -0.1) is 0 Å². The predicted molar refractivity (Wildman–Crippen MR) is 75.9 cm³/mol. The Morgan fingerprint density at radius 3 is 2.58 bits per heavy atom. The first-order chi connectivity index (χ1) is 8.97. The van der Waals surface area contributed by atoms with Crippen LogP contribution >= 0.6 is 23.2 Å². The molecule has 2 aromatic carbocycles. The van der Waals surface area contributed by atoms with Crippen molar-refractivity contribution >= 4 is 28.9 Å². The van der Waals surface area contributed by atoms with E-state index < -0.39 is 11.9 Å². The van der Waals surface area contributed by atoms with Crippen LogP contribution in [-0.4, -0.2) is 5.11 Å². The molecule has 0 aliphatic rings. The minimum Gasteiger partial charge on any atom is -0.398 e. The first-order valence-corrected chi connectivity index (χ1v) is 6.40. The van der Waals surface area contributed by atoms with E-state index in [4.69, 9.17) is 28.9 Å². The molecule has 3 N–H and O–H groups in total. The van der Waals surface area contributed by atoms with Gasteiger partial charge in [0.05, 0.1) is 6.10 Å². The number of halogens is 3. The van der Waals surface area contributed by atoms with E-state index in [-0.39, 0.29) is 6.42 Å². The molecule has 0 fully saturated rings. The van der Waals surface area contributed by atoms with E-state index in [9.17, 15) is 9.50 Å². The lowest BCUT2D eigenvalue weighted by Crippen LogP contribution is -2.06. The number of hydrogen-bond acceptors (Lipinski definition) is 2. The second kappa shape index (κ2) is 5.78. The number of aliphatic hydroxyl groups is 1. The number of benzene rings is 2. The largest absolute Gasteiger partial charge is 0.398 e. The van der Waals surface area contributed by atoms with E-state index in [1.54, 1.807) is 18.2 Å². The molecular weight excluding hydrogens is 288 g/mol. The highest BCUT2D eigenvalue weighted by Crippen LogP contribution is 2.28. The molecular formula is C14H12Cl2FNO. The fourth-order valence-electron chi connectivity index (χ4n) is 1.84. The van der Waals surface area contributed by atoms with E-state index in [1.807, 2.05) is 0 Å². The minimum atomic E-state index is -0.922. The van der Waals surface area contributed by atoms with Gasteiger partial charge in [0.2, 0.25) is 0 Å². The van der Waals surface area contributed by atoms with E-state index in [1.165, 1.54) is 18.2 Å². The van der Waals surface area contributed by atoms with Crippen molar-refractivity contribution in [3.8, 4) is 0 Å². The third kappa shape index (κ3) is 3.38. The van der Waals surface area contributed by atoms with Crippen LogP contribution in [0, 0.1) is 5.82 Å². The molecule has 0 aliphatic carbocycles. The molecule has 0 radical (unpaired) electrons. The van der Waals surface area contributed by atoms with Gasteiger partial charge in [0, 0.05) is 27.7 Å². The number of nitrogen functional groups attached to an aromatic ring is 1. The summed E-state index contributed by atoms with van der Waals surface area (Å²) in [6.45, 7) is 0. The number of anilines is 1. The van der Waals surface area contributed by atoms with Crippen molar-refractivity contribution in [2.24, 2.45) is 0 Å². The lowest BCUT2D eigenvalue weighted by molar-refractivity contribution is 0.179. The van der Waals surface area contributed by atoms with Gasteiger partial charge in [-0.05, 0) is 35.9 Å². The molecule has 0 saturated carbocycles. The van der Waals surface area contributed by atoms with Crippen molar-refractivity contribution in [3.05, 3.63) is 63.4 Å². The topological polar surface area (TPSA) is 46.2 Å². The van der Waals surface area contributed by atoms with Crippen LogP contribution in [0.25, 0.3) is 0 Å². The zero-order chi connectivity index (χ0) is 14.0. The lowest BCUT2D eigenvalue weighted by atomic mass is 10.00. The average Bonchev–Trinajstić information content (AvgIpc) is 2.35. The third-order valence-corrected chi connectivity index (χ3v) is 3.42. The Kier molecular flexibility index (Phi) is 4.30. The summed E-state index contributed by atoms with van der Waals surface area (Å²) in [5, 5.41) is 11.1. The van der Waals surface area contributed by atoms with Crippen LogP contribution in [0.15, 0.2) is 36.4 Å². The second-order valence-electron chi connectivity index (χ2n) is 4.23. The lowest BCUT2D eigenvalue weighted by Gasteiger charge is -2.14. The molecule has 19 heavy (non-hydrogen) atoms. The Morgan fingerprint density at radius 2 is 1.89 bits per heavy atom. The molecule has 5 heteroatoms. The van der Waals surface area contributed by atoms with E-state index in [0.717, 1.165) is 5.56 Å². The molecule has 2 rings (SSSR count). The smallest absolute Gasteiger partial charge is 0.123 e. The molecule has 0 bridgehead atoms. The first-order valence-electron chi connectivity index (χ1n) is 5.64. The second-order valence-corrected chi connectivity index (χ2v) is 5.07. The van der Waals surface area contributed by atoms with Gasteiger partial charge in [0.1, 0.15) is 5.82 Å². The fraction of sp³-hybridized carbons (Fsp3) is 0.143. The third-order valence-electron chi connectivity index (χ3n) is 2.84. The standard InChI is InChI=1S/C14H12Cl2FNO/c15-9-2-1-8(12(16)6-9)5-14(19)11-7-10(17)3-4-13(11)18/h1-4,6-7,14,19H,5,18H2. The summed E-state index contributed by atoms with van der Waals surface area (Å²) < 4.78 is 13.2. The molecule has 2 nitrogen and oxygen atoms in total. The van der Waals surface area contributed by atoms with Crippen molar-refractivity contribution in [1.29, 1.82) is 0 Å². The molecule has 0 aromatic heterocycles.